The van der Waals surface area contributed by atoms with Crippen molar-refractivity contribution in [1.29, 1.82) is 0 Å². The highest BCUT2D eigenvalue weighted by molar-refractivity contribution is 9.09. The van der Waals surface area contributed by atoms with E-state index in [4.69, 9.17) is 9.47 Å². The Labute approximate surface area is 119 Å². The molecule has 0 saturated carbocycles. The first kappa shape index (κ1) is 14.1. The van der Waals surface area contributed by atoms with Gasteiger partial charge in [-0.25, -0.2) is 9.18 Å². The lowest BCUT2D eigenvalue weighted by Crippen LogP contribution is -2.26. The molecule has 0 aliphatic carbocycles. The number of methoxy groups -OCH3 is 1. The van der Waals surface area contributed by atoms with Gasteiger partial charge in [-0.1, -0.05) is 15.9 Å². The van der Waals surface area contributed by atoms with Crippen LogP contribution in [0, 0.1) is 5.82 Å². The maximum atomic E-state index is 13.8. The molecule has 1 aliphatic heterocycles. The molecule has 0 saturated heterocycles. The van der Waals surface area contributed by atoms with Crippen molar-refractivity contribution in [1.82, 2.24) is 4.90 Å². The van der Waals surface area contributed by atoms with Crippen LogP contribution in [0.25, 0.3) is 0 Å². The summed E-state index contributed by atoms with van der Waals surface area (Å²) in [4.78, 5) is 13.3. The maximum Gasteiger partial charge on any atom is 0.410 e. The van der Waals surface area contributed by atoms with Crippen LogP contribution in [-0.2, 0) is 17.8 Å². The summed E-state index contributed by atoms with van der Waals surface area (Å²) in [6, 6.07) is 3.09. The van der Waals surface area contributed by atoms with Crippen LogP contribution < -0.4 is 4.74 Å². The van der Waals surface area contributed by atoms with Gasteiger partial charge in [0.25, 0.3) is 0 Å². The molecule has 0 unspecified atom stereocenters. The number of hydrogen-bond donors (Lipinski definition) is 0. The van der Waals surface area contributed by atoms with E-state index < -0.39 is 6.09 Å². The third kappa shape index (κ3) is 3.18. The second kappa shape index (κ2) is 6.23. The molecule has 0 aromatic heterocycles. The van der Waals surface area contributed by atoms with Crippen LogP contribution in [0.2, 0.25) is 0 Å². The van der Waals surface area contributed by atoms with Crippen molar-refractivity contribution in [2.45, 2.75) is 19.5 Å². The molecule has 0 radical (unpaired) electrons. The third-order valence-electron chi connectivity index (χ3n) is 2.97. The van der Waals surface area contributed by atoms with E-state index in [0.29, 0.717) is 24.5 Å². The van der Waals surface area contributed by atoms with Gasteiger partial charge in [0, 0.05) is 23.5 Å². The number of nitrogens with zero attached hydrogens (tertiary/aromatic N) is 1. The monoisotopic (exact) mass is 331 g/mol. The quantitative estimate of drug-likeness (QED) is 0.628. The van der Waals surface area contributed by atoms with Crippen molar-refractivity contribution in [2.24, 2.45) is 0 Å². The Morgan fingerprint density at radius 2 is 2.26 bits per heavy atom. The van der Waals surface area contributed by atoms with Crippen LogP contribution >= 0.6 is 15.9 Å². The first-order valence-electron chi connectivity index (χ1n) is 5.98. The Balaban J connectivity index is 2.03. The molecule has 19 heavy (non-hydrogen) atoms. The molecule has 1 amide bonds. The molecule has 1 heterocycles. The molecule has 6 heteroatoms. The summed E-state index contributed by atoms with van der Waals surface area (Å²) in [5, 5.41) is 0.784. The minimum Gasteiger partial charge on any atom is -0.497 e. The van der Waals surface area contributed by atoms with Gasteiger partial charge in [0.15, 0.2) is 0 Å². The average molecular weight is 332 g/mol. The van der Waals surface area contributed by atoms with Gasteiger partial charge in [0.05, 0.1) is 20.3 Å². The molecule has 104 valence electrons. The number of rotatable bonds is 4. The van der Waals surface area contributed by atoms with Gasteiger partial charge >= 0.3 is 6.09 Å². The topological polar surface area (TPSA) is 38.8 Å². The van der Waals surface area contributed by atoms with E-state index in [0.717, 1.165) is 17.3 Å². The van der Waals surface area contributed by atoms with Gasteiger partial charge in [-0.3, -0.25) is 4.90 Å². The molecule has 4 nitrogen and oxygen atoms in total. The average Bonchev–Trinajstić information content (AvgIpc) is 2.83. The molecule has 0 atom stereocenters. The van der Waals surface area contributed by atoms with Crippen molar-refractivity contribution >= 4 is 22.0 Å². The van der Waals surface area contributed by atoms with Gasteiger partial charge < -0.3 is 9.47 Å². The fourth-order valence-corrected chi connectivity index (χ4v) is 2.22. The van der Waals surface area contributed by atoms with Crippen LogP contribution in [0.5, 0.6) is 5.75 Å². The molecule has 0 N–H and O–H groups in total. The zero-order valence-corrected chi connectivity index (χ0v) is 12.2. The van der Waals surface area contributed by atoms with Crippen LogP contribution in [0.4, 0.5) is 9.18 Å². The van der Waals surface area contributed by atoms with E-state index in [1.807, 2.05) is 0 Å². The molecule has 1 aromatic rings. The summed E-state index contributed by atoms with van der Waals surface area (Å²) in [5.74, 6) is 0.121. The predicted molar refractivity (Wildman–Crippen MR) is 72.0 cm³/mol. The van der Waals surface area contributed by atoms with Gasteiger partial charge in [-0.2, -0.15) is 0 Å². The highest BCUT2D eigenvalue weighted by Crippen LogP contribution is 2.29. The Bertz CT molecular complexity index is 481. The smallest absolute Gasteiger partial charge is 0.410 e. The van der Waals surface area contributed by atoms with Crippen LogP contribution in [-0.4, -0.2) is 30.0 Å². The molecule has 0 bridgehead atoms. The van der Waals surface area contributed by atoms with E-state index in [9.17, 15) is 9.18 Å². The largest absolute Gasteiger partial charge is 0.497 e. The lowest BCUT2D eigenvalue weighted by molar-refractivity contribution is 0.102. The Morgan fingerprint density at radius 1 is 1.47 bits per heavy atom. The van der Waals surface area contributed by atoms with E-state index in [-0.39, 0.29) is 12.4 Å². The fourth-order valence-electron chi connectivity index (χ4n) is 1.99. The van der Waals surface area contributed by atoms with E-state index in [2.05, 4.69) is 15.9 Å². The summed E-state index contributed by atoms with van der Waals surface area (Å²) < 4.78 is 23.9. The lowest BCUT2D eigenvalue weighted by atomic mass is 10.1. The van der Waals surface area contributed by atoms with E-state index >= 15 is 0 Å². The third-order valence-corrected chi connectivity index (χ3v) is 3.53. The minimum atomic E-state index is -0.407. The van der Waals surface area contributed by atoms with Crippen molar-refractivity contribution in [3.05, 3.63) is 29.1 Å². The summed E-state index contributed by atoms with van der Waals surface area (Å²) in [6.07, 6.45) is 0.352. The number of amides is 1. The highest BCUT2D eigenvalue weighted by atomic mass is 79.9. The number of benzene rings is 1. The summed E-state index contributed by atoms with van der Waals surface area (Å²) in [6.45, 7) is 0.970. The SMILES string of the molecule is COc1cc(F)c2c(c1)CN(C(=O)OCCCBr)C2. The Hall–Kier alpha value is -1.30. The molecule has 1 aromatic carbocycles. The van der Waals surface area contributed by atoms with Gasteiger partial charge in [-0.05, 0) is 18.1 Å². The fraction of sp³-hybridized carbons (Fsp3) is 0.462. The number of carbonyl (C=O) groups excluding carboxylic acids is 1. The molecule has 0 fully saturated rings. The number of hydrogen-bond acceptors (Lipinski definition) is 3. The number of alkyl halides is 1. The second-order valence-electron chi connectivity index (χ2n) is 4.26. The van der Waals surface area contributed by atoms with E-state index in [1.165, 1.54) is 18.1 Å². The van der Waals surface area contributed by atoms with Crippen molar-refractivity contribution in [3.8, 4) is 5.75 Å². The Morgan fingerprint density at radius 3 is 2.95 bits per heavy atom. The van der Waals surface area contributed by atoms with Gasteiger partial charge in [0.2, 0.25) is 0 Å². The molecule has 2 rings (SSSR count). The first-order valence-corrected chi connectivity index (χ1v) is 7.10. The summed E-state index contributed by atoms with van der Waals surface area (Å²) >= 11 is 3.26. The second-order valence-corrected chi connectivity index (χ2v) is 5.05. The number of fused-ring (bicyclic) bond motifs is 1. The standard InChI is InChI=1S/C13H15BrFNO3/c1-18-10-5-9-7-16(8-11(9)12(15)6-10)13(17)19-4-2-3-14/h5-6H,2-4,7-8H2,1H3. The minimum absolute atomic E-state index is 0.248. The molecular weight excluding hydrogens is 317 g/mol. The number of ether oxygens (including phenoxy) is 2. The van der Waals surface area contributed by atoms with Crippen molar-refractivity contribution in [2.75, 3.05) is 19.0 Å². The summed E-state index contributed by atoms with van der Waals surface area (Å²) in [7, 11) is 1.49. The lowest BCUT2D eigenvalue weighted by Gasteiger charge is -2.14. The molecular formula is C13H15BrFNO3. The highest BCUT2D eigenvalue weighted by Gasteiger charge is 2.27. The van der Waals surface area contributed by atoms with Crippen molar-refractivity contribution in [3.63, 3.8) is 0 Å². The van der Waals surface area contributed by atoms with Crippen LogP contribution in [0.1, 0.15) is 17.5 Å². The number of carbonyl (C=O) groups is 1. The summed E-state index contributed by atoms with van der Waals surface area (Å²) in [5.41, 5.74) is 1.31. The first-order chi connectivity index (χ1) is 9.15. The molecule has 0 spiro atoms. The zero-order valence-electron chi connectivity index (χ0n) is 10.6. The predicted octanol–water partition coefficient (Wildman–Crippen LogP) is 3.07. The maximum absolute atomic E-state index is 13.8. The van der Waals surface area contributed by atoms with Crippen LogP contribution in [0.15, 0.2) is 12.1 Å². The van der Waals surface area contributed by atoms with Gasteiger partial charge in [0.1, 0.15) is 11.6 Å². The van der Waals surface area contributed by atoms with E-state index in [1.54, 1.807) is 6.07 Å². The zero-order chi connectivity index (χ0) is 13.8. The Kier molecular flexibility index (Phi) is 4.63. The van der Waals surface area contributed by atoms with Gasteiger partial charge in [-0.15, -0.1) is 0 Å². The van der Waals surface area contributed by atoms with Crippen molar-refractivity contribution < 1.29 is 18.7 Å². The normalized spacial score (nSPS) is 13.3. The number of halogens is 2. The van der Waals surface area contributed by atoms with Crippen LogP contribution in [0.3, 0.4) is 0 Å². The molecule has 1 aliphatic rings.